The third kappa shape index (κ3) is 2.94. The number of hydrogen-bond acceptors (Lipinski definition) is 5. The van der Waals surface area contributed by atoms with E-state index in [4.69, 9.17) is 4.74 Å². The number of methoxy groups -OCH3 is 1. The molecule has 0 amide bonds. The maximum atomic E-state index is 11.2. The molecule has 6 heteroatoms. The highest BCUT2D eigenvalue weighted by Crippen LogP contribution is 2.37. The molecule has 2 unspecified atom stereocenters. The van der Waals surface area contributed by atoms with Crippen LogP contribution in [0, 0.1) is 10.1 Å². The summed E-state index contributed by atoms with van der Waals surface area (Å²) in [4.78, 5) is 10.8. The van der Waals surface area contributed by atoms with Gasteiger partial charge in [-0.15, -0.1) is 0 Å². The third-order valence-corrected chi connectivity index (χ3v) is 4.67. The van der Waals surface area contributed by atoms with Crippen molar-refractivity contribution in [3.63, 3.8) is 0 Å². The van der Waals surface area contributed by atoms with Crippen LogP contribution in [0.25, 0.3) is 0 Å². The first-order valence-electron chi connectivity index (χ1n) is 6.28. The van der Waals surface area contributed by atoms with Gasteiger partial charge in [0.05, 0.1) is 12.0 Å². The summed E-state index contributed by atoms with van der Waals surface area (Å²) in [5, 5.41) is 15.0. The molecule has 0 radical (unpaired) electrons. The van der Waals surface area contributed by atoms with Crippen LogP contribution in [0.3, 0.4) is 0 Å². The molecule has 0 bridgehead atoms. The molecule has 1 aromatic carbocycles. The molecule has 1 aliphatic carbocycles. The van der Waals surface area contributed by atoms with E-state index in [1.165, 1.54) is 13.5 Å². The average Bonchev–Trinajstić information content (AvgIpc) is 2.85. The zero-order valence-electron chi connectivity index (χ0n) is 11.1. The van der Waals surface area contributed by atoms with Crippen molar-refractivity contribution >= 4 is 23.1 Å². The Bertz CT molecular complexity index is 467. The van der Waals surface area contributed by atoms with E-state index >= 15 is 0 Å². The summed E-state index contributed by atoms with van der Waals surface area (Å²) in [5.41, 5.74) is 0.576. The summed E-state index contributed by atoms with van der Waals surface area (Å²) in [7, 11) is 1.45. The first kappa shape index (κ1) is 14.0. The summed E-state index contributed by atoms with van der Waals surface area (Å²) in [5.74, 6) is 0.300. The van der Waals surface area contributed by atoms with Crippen LogP contribution < -0.4 is 10.1 Å². The van der Waals surface area contributed by atoms with Crippen LogP contribution >= 0.6 is 11.8 Å². The van der Waals surface area contributed by atoms with Crippen LogP contribution in [0.2, 0.25) is 0 Å². The molecular weight excluding hydrogens is 264 g/mol. The topological polar surface area (TPSA) is 64.4 Å². The molecule has 0 aliphatic heterocycles. The van der Waals surface area contributed by atoms with Crippen LogP contribution in [-0.4, -0.2) is 29.6 Å². The predicted octanol–water partition coefficient (Wildman–Crippen LogP) is 3.30. The quantitative estimate of drug-likeness (QED) is 0.663. The Kier molecular flexibility index (Phi) is 4.52. The Hall–Kier alpha value is -1.43. The van der Waals surface area contributed by atoms with Gasteiger partial charge in [0.25, 0.3) is 0 Å². The van der Waals surface area contributed by atoms with Gasteiger partial charge in [0.15, 0.2) is 5.75 Å². The highest BCUT2D eigenvalue weighted by molar-refractivity contribution is 7.99. The first-order valence-corrected chi connectivity index (χ1v) is 7.57. The second kappa shape index (κ2) is 6.14. The van der Waals surface area contributed by atoms with E-state index in [2.05, 4.69) is 11.6 Å². The van der Waals surface area contributed by atoms with E-state index < -0.39 is 0 Å². The fourth-order valence-corrected chi connectivity index (χ4v) is 3.50. The maximum absolute atomic E-state index is 11.2. The lowest BCUT2D eigenvalue weighted by Gasteiger charge is -2.20. The number of hydrogen-bond donors (Lipinski definition) is 1. The van der Waals surface area contributed by atoms with E-state index in [1.54, 1.807) is 18.2 Å². The van der Waals surface area contributed by atoms with Crippen molar-refractivity contribution in [2.45, 2.75) is 30.6 Å². The van der Waals surface area contributed by atoms with Gasteiger partial charge in [0, 0.05) is 11.3 Å². The lowest BCUT2D eigenvalue weighted by Crippen LogP contribution is -2.26. The number of nitrogens with zero attached hydrogens (tertiary/aromatic N) is 1. The molecule has 1 N–H and O–H groups in total. The molecule has 104 valence electrons. The zero-order valence-corrected chi connectivity index (χ0v) is 11.9. The van der Waals surface area contributed by atoms with Gasteiger partial charge in [-0.2, -0.15) is 11.8 Å². The number of benzene rings is 1. The van der Waals surface area contributed by atoms with Gasteiger partial charge in [0.2, 0.25) is 0 Å². The van der Waals surface area contributed by atoms with Crippen LogP contribution in [-0.2, 0) is 0 Å². The normalized spacial score (nSPS) is 22.2. The lowest BCUT2D eigenvalue weighted by molar-refractivity contribution is -0.384. The molecule has 0 heterocycles. The molecule has 1 fully saturated rings. The second-order valence-electron chi connectivity index (χ2n) is 4.57. The number of nitrogens with one attached hydrogen (secondary N) is 1. The fraction of sp³-hybridized carbons (Fsp3) is 0.538. The number of para-hydroxylation sites is 1. The molecule has 0 saturated heterocycles. The van der Waals surface area contributed by atoms with Gasteiger partial charge < -0.3 is 10.1 Å². The Morgan fingerprint density at radius 1 is 1.47 bits per heavy atom. The largest absolute Gasteiger partial charge is 0.490 e. The third-order valence-electron chi connectivity index (χ3n) is 3.50. The molecule has 2 atom stereocenters. The second-order valence-corrected chi connectivity index (χ2v) is 5.65. The molecule has 0 spiro atoms. The summed E-state index contributed by atoms with van der Waals surface area (Å²) >= 11 is 1.82. The van der Waals surface area contributed by atoms with Crippen molar-refractivity contribution in [2.24, 2.45) is 0 Å². The molecule has 1 saturated carbocycles. The highest BCUT2D eigenvalue weighted by atomic mass is 32.2. The van der Waals surface area contributed by atoms with Crippen LogP contribution in [0.1, 0.15) is 19.3 Å². The number of nitro benzene ring substituents is 1. The van der Waals surface area contributed by atoms with Gasteiger partial charge in [-0.05, 0) is 31.2 Å². The fourth-order valence-electron chi connectivity index (χ4n) is 2.56. The van der Waals surface area contributed by atoms with E-state index in [1.807, 2.05) is 11.8 Å². The van der Waals surface area contributed by atoms with Crippen LogP contribution in [0.4, 0.5) is 11.4 Å². The average molecular weight is 282 g/mol. The Labute approximate surface area is 116 Å². The standard InChI is InChI=1S/C13H18N2O3S/c1-18-11-7-3-6-10(13(11)15(16)17)14-9-5-4-8-12(9)19-2/h3,6-7,9,12,14H,4-5,8H2,1-2H3. The minimum atomic E-state index is -0.385. The molecule has 19 heavy (non-hydrogen) atoms. The number of ether oxygens (including phenoxy) is 1. The number of thioether (sulfide) groups is 1. The van der Waals surface area contributed by atoms with Crippen molar-refractivity contribution in [1.29, 1.82) is 0 Å². The van der Waals surface area contributed by atoms with Gasteiger partial charge in [-0.3, -0.25) is 10.1 Å². The smallest absolute Gasteiger partial charge is 0.333 e. The van der Waals surface area contributed by atoms with Gasteiger partial charge in [0.1, 0.15) is 5.69 Å². The van der Waals surface area contributed by atoms with Gasteiger partial charge >= 0.3 is 5.69 Å². The van der Waals surface area contributed by atoms with Crippen molar-refractivity contribution in [2.75, 3.05) is 18.7 Å². The highest BCUT2D eigenvalue weighted by Gasteiger charge is 2.29. The van der Waals surface area contributed by atoms with Crippen molar-refractivity contribution in [3.05, 3.63) is 28.3 Å². The SMILES string of the molecule is COc1cccc(NC2CCCC2SC)c1[N+](=O)[O-]. The van der Waals surface area contributed by atoms with Crippen LogP contribution in [0.15, 0.2) is 18.2 Å². The molecule has 1 aromatic rings. The monoisotopic (exact) mass is 282 g/mol. The number of anilines is 1. The van der Waals surface area contributed by atoms with E-state index in [0.29, 0.717) is 22.7 Å². The zero-order chi connectivity index (χ0) is 13.8. The minimum absolute atomic E-state index is 0.0248. The summed E-state index contributed by atoms with van der Waals surface area (Å²) in [6.07, 6.45) is 5.47. The summed E-state index contributed by atoms with van der Waals surface area (Å²) in [6, 6.07) is 5.43. The molecular formula is C13H18N2O3S. The van der Waals surface area contributed by atoms with E-state index in [0.717, 1.165) is 12.8 Å². The van der Waals surface area contributed by atoms with E-state index in [9.17, 15) is 10.1 Å². The molecule has 2 rings (SSSR count). The van der Waals surface area contributed by atoms with Crippen LogP contribution in [0.5, 0.6) is 5.75 Å². The lowest BCUT2D eigenvalue weighted by atomic mass is 10.2. The Morgan fingerprint density at radius 3 is 2.89 bits per heavy atom. The predicted molar refractivity (Wildman–Crippen MR) is 78.2 cm³/mol. The number of rotatable bonds is 5. The molecule has 1 aliphatic rings. The van der Waals surface area contributed by atoms with Crippen molar-refractivity contribution in [1.82, 2.24) is 0 Å². The Morgan fingerprint density at radius 2 is 2.26 bits per heavy atom. The van der Waals surface area contributed by atoms with Crippen molar-refractivity contribution in [3.8, 4) is 5.75 Å². The maximum Gasteiger partial charge on any atom is 0.333 e. The van der Waals surface area contributed by atoms with Gasteiger partial charge in [-0.25, -0.2) is 0 Å². The summed E-state index contributed by atoms with van der Waals surface area (Å²) < 4.78 is 5.08. The number of nitro groups is 1. The van der Waals surface area contributed by atoms with Crippen molar-refractivity contribution < 1.29 is 9.66 Å². The van der Waals surface area contributed by atoms with E-state index in [-0.39, 0.29) is 10.6 Å². The Balaban J connectivity index is 2.27. The van der Waals surface area contributed by atoms with Gasteiger partial charge in [-0.1, -0.05) is 12.5 Å². The molecule has 0 aromatic heterocycles. The minimum Gasteiger partial charge on any atom is -0.490 e. The first-order chi connectivity index (χ1) is 9.17. The summed E-state index contributed by atoms with van der Waals surface area (Å²) in [6.45, 7) is 0. The molecule has 5 nitrogen and oxygen atoms in total.